The van der Waals surface area contributed by atoms with Crippen LogP contribution in [0, 0.1) is 11.8 Å². The molecule has 0 radical (unpaired) electrons. The summed E-state index contributed by atoms with van der Waals surface area (Å²) in [7, 11) is 1.68. The fourth-order valence-electron chi connectivity index (χ4n) is 2.85. The molecule has 3 heteroatoms. The Labute approximate surface area is 122 Å². The van der Waals surface area contributed by atoms with Gasteiger partial charge in [-0.1, -0.05) is 19.9 Å². The summed E-state index contributed by atoms with van der Waals surface area (Å²) in [4.78, 5) is 0. The van der Waals surface area contributed by atoms with Crippen LogP contribution in [0.25, 0.3) is 0 Å². The summed E-state index contributed by atoms with van der Waals surface area (Å²) in [6.45, 7) is 6.62. The van der Waals surface area contributed by atoms with Gasteiger partial charge in [-0.25, -0.2) is 0 Å². The van der Waals surface area contributed by atoms with Gasteiger partial charge in [0.25, 0.3) is 0 Å². The van der Waals surface area contributed by atoms with Crippen LogP contribution >= 0.6 is 0 Å². The van der Waals surface area contributed by atoms with E-state index in [2.05, 4.69) is 13.8 Å². The van der Waals surface area contributed by atoms with Gasteiger partial charge in [0.2, 0.25) is 0 Å². The fraction of sp³-hybridized carbons (Fsp3) is 0.647. The lowest BCUT2D eigenvalue weighted by Gasteiger charge is -2.32. The molecule has 0 aliphatic heterocycles. The van der Waals surface area contributed by atoms with E-state index in [-0.39, 0.29) is 6.04 Å². The van der Waals surface area contributed by atoms with Gasteiger partial charge in [0.15, 0.2) is 11.5 Å². The Balaban J connectivity index is 2.09. The highest BCUT2D eigenvalue weighted by Gasteiger charge is 2.26. The van der Waals surface area contributed by atoms with E-state index in [1.54, 1.807) is 7.11 Å². The number of ether oxygens (including phenoxy) is 2. The van der Waals surface area contributed by atoms with E-state index in [9.17, 15) is 0 Å². The molecule has 0 bridgehead atoms. The first kappa shape index (κ1) is 15.2. The normalized spacial score (nSPS) is 27.9. The summed E-state index contributed by atoms with van der Waals surface area (Å²) in [5, 5.41) is 0. The quantitative estimate of drug-likeness (QED) is 0.907. The summed E-state index contributed by atoms with van der Waals surface area (Å²) in [6, 6.07) is 6.00. The average Bonchev–Trinajstić information content (AvgIpc) is 2.43. The van der Waals surface area contributed by atoms with E-state index < -0.39 is 0 Å². The van der Waals surface area contributed by atoms with E-state index in [0.717, 1.165) is 41.7 Å². The van der Waals surface area contributed by atoms with Crippen molar-refractivity contribution >= 4 is 0 Å². The molecule has 112 valence electrons. The molecule has 1 aliphatic carbocycles. The highest BCUT2D eigenvalue weighted by molar-refractivity contribution is 5.43. The highest BCUT2D eigenvalue weighted by Crippen LogP contribution is 2.35. The maximum atomic E-state index is 6.16. The second kappa shape index (κ2) is 6.49. The van der Waals surface area contributed by atoms with Crippen molar-refractivity contribution in [2.24, 2.45) is 17.6 Å². The third kappa shape index (κ3) is 3.45. The molecule has 1 fully saturated rings. The maximum Gasteiger partial charge on any atom is 0.161 e. The molecule has 0 spiro atoms. The Bertz CT molecular complexity index is 445. The number of benzene rings is 1. The van der Waals surface area contributed by atoms with Crippen molar-refractivity contribution in [1.29, 1.82) is 0 Å². The molecule has 1 aromatic rings. The van der Waals surface area contributed by atoms with Crippen molar-refractivity contribution in [3.8, 4) is 11.5 Å². The van der Waals surface area contributed by atoms with Crippen LogP contribution in [0.2, 0.25) is 0 Å². The van der Waals surface area contributed by atoms with Gasteiger partial charge >= 0.3 is 0 Å². The number of nitrogens with two attached hydrogens (primary N) is 1. The van der Waals surface area contributed by atoms with Gasteiger partial charge in [-0.05, 0) is 55.7 Å². The molecular formula is C17H27NO2. The van der Waals surface area contributed by atoms with Gasteiger partial charge in [0.05, 0.1) is 13.2 Å². The standard InChI is InChI=1S/C17H27NO2/c1-11-5-7-15(9-12(11)2)20-16-8-6-14(13(3)18)10-17(16)19-4/h6,8,10-13,15H,5,7,9,18H2,1-4H3/t11?,12?,13-,15?/m1/s1. The van der Waals surface area contributed by atoms with Crippen molar-refractivity contribution in [1.82, 2.24) is 0 Å². The maximum absolute atomic E-state index is 6.16. The first-order valence-corrected chi connectivity index (χ1v) is 7.61. The topological polar surface area (TPSA) is 44.5 Å². The van der Waals surface area contributed by atoms with Crippen molar-refractivity contribution in [2.45, 2.75) is 52.2 Å². The van der Waals surface area contributed by atoms with E-state index in [4.69, 9.17) is 15.2 Å². The Morgan fingerprint density at radius 2 is 1.90 bits per heavy atom. The summed E-state index contributed by atoms with van der Waals surface area (Å²) in [6.07, 6.45) is 3.80. The molecule has 4 atom stereocenters. The fourth-order valence-corrected chi connectivity index (χ4v) is 2.85. The molecule has 2 N–H and O–H groups in total. The van der Waals surface area contributed by atoms with Crippen LogP contribution in [-0.2, 0) is 0 Å². The van der Waals surface area contributed by atoms with Crippen LogP contribution in [0.5, 0.6) is 11.5 Å². The van der Waals surface area contributed by atoms with Crippen molar-refractivity contribution < 1.29 is 9.47 Å². The SMILES string of the molecule is COc1cc([C@@H](C)N)ccc1OC1CCC(C)C(C)C1. The predicted molar refractivity (Wildman–Crippen MR) is 82.2 cm³/mol. The Morgan fingerprint density at radius 3 is 2.50 bits per heavy atom. The van der Waals surface area contributed by atoms with Gasteiger partial charge in [-0.3, -0.25) is 0 Å². The lowest BCUT2D eigenvalue weighted by atomic mass is 9.80. The van der Waals surface area contributed by atoms with Gasteiger partial charge in [-0.15, -0.1) is 0 Å². The third-order valence-electron chi connectivity index (χ3n) is 4.56. The summed E-state index contributed by atoms with van der Waals surface area (Å²) in [5.41, 5.74) is 6.98. The summed E-state index contributed by atoms with van der Waals surface area (Å²) < 4.78 is 11.6. The van der Waals surface area contributed by atoms with Crippen molar-refractivity contribution in [3.05, 3.63) is 23.8 Å². The summed E-state index contributed by atoms with van der Waals surface area (Å²) >= 11 is 0. The third-order valence-corrected chi connectivity index (χ3v) is 4.56. The van der Waals surface area contributed by atoms with E-state index in [1.165, 1.54) is 6.42 Å². The molecule has 0 saturated heterocycles. The molecule has 3 nitrogen and oxygen atoms in total. The minimum atomic E-state index is 0.00787. The smallest absolute Gasteiger partial charge is 0.161 e. The zero-order valence-electron chi connectivity index (χ0n) is 13.1. The van der Waals surface area contributed by atoms with Crippen LogP contribution in [0.1, 0.15) is 51.6 Å². The second-order valence-corrected chi connectivity index (χ2v) is 6.21. The zero-order valence-corrected chi connectivity index (χ0v) is 13.1. The number of hydrogen-bond donors (Lipinski definition) is 1. The molecule has 20 heavy (non-hydrogen) atoms. The molecule has 1 saturated carbocycles. The summed E-state index contributed by atoms with van der Waals surface area (Å²) in [5.74, 6) is 3.15. The van der Waals surface area contributed by atoms with Crippen molar-refractivity contribution in [3.63, 3.8) is 0 Å². The van der Waals surface area contributed by atoms with E-state index >= 15 is 0 Å². The van der Waals surface area contributed by atoms with E-state index in [1.807, 2.05) is 25.1 Å². The van der Waals surface area contributed by atoms with Gasteiger partial charge in [0, 0.05) is 6.04 Å². The van der Waals surface area contributed by atoms with Crippen LogP contribution in [0.4, 0.5) is 0 Å². The zero-order chi connectivity index (χ0) is 14.7. The highest BCUT2D eigenvalue weighted by atomic mass is 16.5. The van der Waals surface area contributed by atoms with Gasteiger partial charge in [-0.2, -0.15) is 0 Å². The van der Waals surface area contributed by atoms with Crippen LogP contribution < -0.4 is 15.2 Å². The van der Waals surface area contributed by atoms with Crippen LogP contribution in [-0.4, -0.2) is 13.2 Å². The monoisotopic (exact) mass is 277 g/mol. The minimum Gasteiger partial charge on any atom is -0.493 e. The number of hydrogen-bond acceptors (Lipinski definition) is 3. The second-order valence-electron chi connectivity index (χ2n) is 6.21. The Morgan fingerprint density at radius 1 is 1.15 bits per heavy atom. The number of methoxy groups -OCH3 is 1. The molecule has 0 amide bonds. The molecule has 0 heterocycles. The van der Waals surface area contributed by atoms with E-state index in [0.29, 0.717) is 6.10 Å². The van der Waals surface area contributed by atoms with Crippen LogP contribution in [0.15, 0.2) is 18.2 Å². The predicted octanol–water partition coefficient (Wildman–Crippen LogP) is 3.92. The number of rotatable bonds is 4. The van der Waals surface area contributed by atoms with Gasteiger partial charge in [0.1, 0.15) is 0 Å². The molecule has 1 aliphatic rings. The molecule has 1 aromatic carbocycles. The van der Waals surface area contributed by atoms with Crippen molar-refractivity contribution in [2.75, 3.05) is 7.11 Å². The lowest BCUT2D eigenvalue weighted by Crippen LogP contribution is -2.28. The Hall–Kier alpha value is -1.22. The first-order valence-electron chi connectivity index (χ1n) is 7.61. The van der Waals surface area contributed by atoms with Crippen LogP contribution in [0.3, 0.4) is 0 Å². The molecule has 0 aromatic heterocycles. The largest absolute Gasteiger partial charge is 0.493 e. The van der Waals surface area contributed by atoms with Gasteiger partial charge < -0.3 is 15.2 Å². The molecule has 3 unspecified atom stereocenters. The minimum absolute atomic E-state index is 0.00787. The molecular weight excluding hydrogens is 250 g/mol. The average molecular weight is 277 g/mol. The lowest BCUT2D eigenvalue weighted by molar-refractivity contribution is 0.0977. The first-order chi connectivity index (χ1) is 9.51. The molecule has 2 rings (SSSR count). The Kier molecular flexibility index (Phi) is 4.92.